The van der Waals surface area contributed by atoms with Gasteiger partial charge in [0.15, 0.2) is 10.8 Å². The highest BCUT2D eigenvalue weighted by atomic mass is 32.1. The molecule has 7 heteroatoms. The van der Waals surface area contributed by atoms with Crippen LogP contribution in [0.5, 0.6) is 0 Å². The van der Waals surface area contributed by atoms with Crippen molar-refractivity contribution in [2.75, 3.05) is 9.80 Å². The van der Waals surface area contributed by atoms with Crippen molar-refractivity contribution < 1.29 is 9.59 Å². The number of nitrogens with two attached hydrogens (primary N) is 1. The van der Waals surface area contributed by atoms with E-state index in [4.69, 9.17) is 24.5 Å². The molecule has 0 atom stereocenters. The number of benzene rings is 2. The van der Waals surface area contributed by atoms with Crippen LogP contribution in [-0.4, -0.2) is 22.5 Å². The van der Waals surface area contributed by atoms with E-state index in [-0.39, 0.29) is 11.8 Å². The van der Waals surface area contributed by atoms with Gasteiger partial charge in [-0.3, -0.25) is 14.5 Å². The molecule has 1 saturated heterocycles. The average molecular weight is 419 g/mol. The fourth-order valence-electron chi connectivity index (χ4n) is 4.19. The number of hydrogen-bond acceptors (Lipinski definition) is 3. The maximum Gasteiger partial charge on any atom is 0.259 e. The van der Waals surface area contributed by atoms with Gasteiger partial charge in [0.2, 0.25) is 5.91 Å². The molecule has 2 amide bonds. The molecular formula is C23H22N4O2S. The molecule has 0 aromatic heterocycles. The molecule has 2 aromatic carbocycles. The van der Waals surface area contributed by atoms with Crippen LogP contribution in [0.25, 0.3) is 4.85 Å². The Labute approximate surface area is 181 Å². The monoisotopic (exact) mass is 418 g/mol. The van der Waals surface area contributed by atoms with Crippen molar-refractivity contribution in [1.29, 1.82) is 0 Å². The Hall–Kier alpha value is -3.24. The summed E-state index contributed by atoms with van der Waals surface area (Å²) in [6, 6.07) is 13.2. The molecule has 0 radical (unpaired) electrons. The molecule has 2 N–H and O–H groups in total. The molecule has 1 saturated carbocycles. The second kappa shape index (κ2) is 7.54. The first-order chi connectivity index (χ1) is 14.4. The van der Waals surface area contributed by atoms with E-state index in [1.165, 1.54) is 0 Å². The lowest BCUT2D eigenvalue weighted by atomic mass is 9.75. The highest BCUT2D eigenvalue weighted by Gasteiger charge is 2.59. The van der Waals surface area contributed by atoms with Crippen LogP contribution in [0.3, 0.4) is 0 Å². The molecule has 1 aliphatic heterocycles. The van der Waals surface area contributed by atoms with Gasteiger partial charge in [-0.05, 0) is 80.2 Å². The van der Waals surface area contributed by atoms with Crippen molar-refractivity contribution in [3.05, 3.63) is 65.0 Å². The first-order valence-corrected chi connectivity index (χ1v) is 10.3. The third kappa shape index (κ3) is 3.14. The van der Waals surface area contributed by atoms with E-state index in [2.05, 4.69) is 4.85 Å². The Balaban J connectivity index is 1.68. The second-order valence-electron chi connectivity index (χ2n) is 7.86. The maximum absolute atomic E-state index is 13.5. The van der Waals surface area contributed by atoms with Crippen molar-refractivity contribution in [3.63, 3.8) is 0 Å². The summed E-state index contributed by atoms with van der Waals surface area (Å²) in [6.45, 7) is 9.11. The fraction of sp³-hybridized carbons (Fsp3) is 0.304. The smallest absolute Gasteiger partial charge is 0.259 e. The third-order valence-corrected chi connectivity index (χ3v) is 6.37. The van der Waals surface area contributed by atoms with Crippen LogP contribution in [0.1, 0.15) is 36.8 Å². The molecule has 0 bridgehead atoms. The van der Waals surface area contributed by atoms with Crippen molar-refractivity contribution in [3.8, 4) is 0 Å². The van der Waals surface area contributed by atoms with Gasteiger partial charge in [0.25, 0.3) is 5.91 Å². The second-order valence-corrected chi connectivity index (χ2v) is 8.22. The molecule has 4 rings (SSSR count). The Morgan fingerprint density at radius 3 is 2.40 bits per heavy atom. The normalized spacial score (nSPS) is 17.2. The summed E-state index contributed by atoms with van der Waals surface area (Å²) in [5.41, 5.74) is 8.56. The van der Waals surface area contributed by atoms with E-state index in [1.807, 2.05) is 42.2 Å². The Kier molecular flexibility index (Phi) is 5.04. The van der Waals surface area contributed by atoms with Gasteiger partial charge in [-0.1, -0.05) is 18.2 Å². The average Bonchev–Trinajstić information content (AvgIpc) is 2.93. The lowest BCUT2D eigenvalue weighted by Gasteiger charge is -2.43. The number of hydrogen-bond donors (Lipinski definition) is 1. The topological polar surface area (TPSA) is 71.0 Å². The van der Waals surface area contributed by atoms with Gasteiger partial charge in [0, 0.05) is 17.8 Å². The molecule has 2 aliphatic rings. The lowest BCUT2D eigenvalue weighted by molar-refractivity contribution is -0.124. The Morgan fingerprint density at radius 2 is 1.87 bits per heavy atom. The number of aryl methyl sites for hydroxylation is 2. The highest BCUT2D eigenvalue weighted by Crippen LogP contribution is 2.48. The number of primary amides is 1. The summed E-state index contributed by atoms with van der Waals surface area (Å²) in [7, 11) is 0. The first kappa shape index (κ1) is 20.0. The number of carbonyl (C=O) groups excluding carboxylic acids is 2. The first-order valence-electron chi connectivity index (χ1n) is 9.91. The van der Waals surface area contributed by atoms with Crippen molar-refractivity contribution in [2.24, 2.45) is 5.73 Å². The van der Waals surface area contributed by atoms with Crippen molar-refractivity contribution in [2.45, 2.75) is 44.6 Å². The fourth-order valence-corrected chi connectivity index (χ4v) is 4.66. The van der Waals surface area contributed by atoms with Gasteiger partial charge in [-0.15, -0.1) is 0 Å². The van der Waals surface area contributed by atoms with E-state index < -0.39 is 5.54 Å². The largest absolute Gasteiger partial charge is 0.370 e. The van der Waals surface area contributed by atoms with Gasteiger partial charge in [0.1, 0.15) is 5.54 Å². The number of thiocarbonyl (C=S) groups is 1. The summed E-state index contributed by atoms with van der Waals surface area (Å²) in [5, 5.41) is 0.458. The zero-order chi connectivity index (χ0) is 21.5. The summed E-state index contributed by atoms with van der Waals surface area (Å²) in [4.78, 5) is 31.6. The van der Waals surface area contributed by atoms with E-state index >= 15 is 0 Å². The summed E-state index contributed by atoms with van der Waals surface area (Å²) < 4.78 is 0. The number of carbonyl (C=O) groups is 2. The van der Waals surface area contributed by atoms with Crippen molar-refractivity contribution in [1.82, 2.24) is 0 Å². The number of anilines is 2. The third-order valence-electron chi connectivity index (χ3n) is 6.01. The minimum Gasteiger partial charge on any atom is -0.370 e. The zero-order valence-electron chi connectivity index (χ0n) is 16.7. The van der Waals surface area contributed by atoms with E-state index in [0.29, 0.717) is 29.3 Å². The van der Waals surface area contributed by atoms with Gasteiger partial charge in [-0.2, -0.15) is 0 Å². The summed E-state index contributed by atoms with van der Waals surface area (Å²) in [5.74, 6) is -0.333. The Morgan fingerprint density at radius 1 is 1.20 bits per heavy atom. The molecular weight excluding hydrogens is 396 g/mol. The molecule has 1 aliphatic carbocycles. The highest BCUT2D eigenvalue weighted by molar-refractivity contribution is 7.81. The van der Waals surface area contributed by atoms with E-state index in [9.17, 15) is 9.59 Å². The van der Waals surface area contributed by atoms with Gasteiger partial charge in [0.05, 0.1) is 6.57 Å². The van der Waals surface area contributed by atoms with Crippen LogP contribution in [0.4, 0.5) is 17.1 Å². The lowest BCUT2D eigenvalue weighted by Crippen LogP contribution is -2.55. The minimum absolute atomic E-state index is 0.00785. The van der Waals surface area contributed by atoms with Crippen LogP contribution in [0.15, 0.2) is 42.5 Å². The molecule has 1 heterocycles. The number of rotatable bonds is 5. The quantitative estimate of drug-likeness (QED) is 0.588. The molecule has 30 heavy (non-hydrogen) atoms. The van der Waals surface area contributed by atoms with Crippen LogP contribution >= 0.6 is 12.2 Å². The van der Waals surface area contributed by atoms with Crippen LogP contribution in [0.2, 0.25) is 0 Å². The molecule has 152 valence electrons. The molecule has 0 unspecified atom stereocenters. The van der Waals surface area contributed by atoms with Crippen LogP contribution in [0, 0.1) is 13.5 Å². The maximum atomic E-state index is 13.5. The molecule has 2 aromatic rings. The van der Waals surface area contributed by atoms with Crippen LogP contribution in [-0.2, 0) is 16.0 Å². The predicted molar refractivity (Wildman–Crippen MR) is 121 cm³/mol. The molecule has 6 nitrogen and oxygen atoms in total. The Bertz CT molecular complexity index is 1080. The summed E-state index contributed by atoms with van der Waals surface area (Å²) in [6.07, 6.45) is 3.38. The molecule has 2 fully saturated rings. The van der Waals surface area contributed by atoms with Crippen molar-refractivity contribution >= 4 is 46.2 Å². The summed E-state index contributed by atoms with van der Waals surface area (Å²) >= 11 is 5.78. The number of amides is 2. The number of nitrogens with zero attached hydrogens (tertiary/aromatic N) is 3. The predicted octanol–water partition coefficient (Wildman–Crippen LogP) is 4.02. The zero-order valence-corrected chi connectivity index (χ0v) is 17.5. The minimum atomic E-state index is -0.641. The standard InChI is InChI=1S/C23H22N4O2S/c1-15-14-18(9-10-19(15)25-2)26-21(29)23(12-3-13-23)27(22(26)30)17-7-4-16(5-8-17)6-11-20(24)28/h4-5,7-10,14H,3,6,11-13H2,1H3,(H2,24,28). The van der Waals surface area contributed by atoms with Gasteiger partial charge < -0.3 is 10.6 Å². The van der Waals surface area contributed by atoms with Gasteiger partial charge in [-0.25, -0.2) is 4.85 Å². The molecule has 1 spiro atoms. The van der Waals surface area contributed by atoms with Crippen LogP contribution < -0.4 is 15.5 Å². The van der Waals surface area contributed by atoms with E-state index in [0.717, 1.165) is 36.1 Å². The van der Waals surface area contributed by atoms with Gasteiger partial charge >= 0.3 is 0 Å². The van der Waals surface area contributed by atoms with E-state index in [1.54, 1.807) is 17.0 Å². The SMILES string of the molecule is [C-]#[N+]c1ccc(N2C(=O)C3(CCC3)N(c3ccc(CCC(N)=O)cc3)C2=S)cc1C.